The maximum absolute atomic E-state index is 14.4. The van der Waals surface area contributed by atoms with Crippen LogP contribution in [0.5, 0.6) is 0 Å². The summed E-state index contributed by atoms with van der Waals surface area (Å²) in [4.78, 5) is 26.9. The summed E-state index contributed by atoms with van der Waals surface area (Å²) in [7, 11) is 0. The lowest BCUT2D eigenvalue weighted by molar-refractivity contribution is -0.122. The van der Waals surface area contributed by atoms with Crippen LogP contribution < -0.4 is 10.6 Å². The summed E-state index contributed by atoms with van der Waals surface area (Å²) in [5.41, 5.74) is 1.68. The molecule has 1 unspecified atom stereocenters. The molecule has 5 aliphatic rings. The van der Waals surface area contributed by atoms with Gasteiger partial charge in [0.05, 0.1) is 5.75 Å². The molecule has 2 aromatic rings. The monoisotopic (exact) mass is 520 g/mol. The van der Waals surface area contributed by atoms with Gasteiger partial charge in [-0.15, -0.1) is 11.8 Å². The van der Waals surface area contributed by atoms with Crippen molar-refractivity contribution in [2.45, 2.75) is 81.0 Å². The smallest absolute Gasteiger partial charge is 0.247 e. The first-order valence-electron chi connectivity index (χ1n) is 14.0. The number of amides is 1. The highest BCUT2D eigenvalue weighted by molar-refractivity contribution is 8.01. The Kier molecular flexibility index (Phi) is 7.04. The fourth-order valence-electron chi connectivity index (χ4n) is 7.83. The van der Waals surface area contributed by atoms with E-state index in [1.54, 1.807) is 6.07 Å². The number of rotatable bonds is 9. The summed E-state index contributed by atoms with van der Waals surface area (Å²) in [5.74, 6) is 2.23. The van der Waals surface area contributed by atoms with E-state index in [1.165, 1.54) is 50.7 Å². The summed E-state index contributed by atoms with van der Waals surface area (Å²) >= 11 is 1.82. The van der Waals surface area contributed by atoms with Gasteiger partial charge in [-0.25, -0.2) is 4.39 Å². The van der Waals surface area contributed by atoms with Gasteiger partial charge in [0.1, 0.15) is 11.9 Å². The van der Waals surface area contributed by atoms with Gasteiger partial charge in [-0.1, -0.05) is 43.2 Å². The molecule has 4 bridgehead atoms. The van der Waals surface area contributed by atoms with E-state index in [4.69, 9.17) is 0 Å². The fraction of sp³-hybridized carbons (Fsp3) is 0.548. The summed E-state index contributed by atoms with van der Waals surface area (Å²) in [6, 6.07) is 13.4. The van der Waals surface area contributed by atoms with E-state index in [0.29, 0.717) is 17.0 Å². The molecule has 5 saturated carbocycles. The molecule has 2 N–H and O–H groups in total. The summed E-state index contributed by atoms with van der Waals surface area (Å²) < 4.78 is 14.6. The Labute approximate surface area is 223 Å². The van der Waals surface area contributed by atoms with E-state index < -0.39 is 11.9 Å². The highest BCUT2D eigenvalue weighted by atomic mass is 32.2. The first-order valence-corrected chi connectivity index (χ1v) is 15.0. The highest BCUT2D eigenvalue weighted by Crippen LogP contribution is 2.60. The second kappa shape index (κ2) is 10.4. The summed E-state index contributed by atoms with van der Waals surface area (Å²) in [6.45, 7) is 0. The number of carbonyl (C=O) groups excluding carboxylic acids is 2. The Morgan fingerprint density at radius 3 is 2.24 bits per heavy atom. The number of Topliss-reactive ketones (excluding diaryl/α,β-unsaturated/α-hetero) is 1. The average molecular weight is 521 g/mol. The topological polar surface area (TPSA) is 58.2 Å². The van der Waals surface area contributed by atoms with Crippen LogP contribution in [0.3, 0.4) is 0 Å². The van der Waals surface area contributed by atoms with E-state index in [9.17, 15) is 14.0 Å². The van der Waals surface area contributed by atoms with E-state index in [0.717, 1.165) is 49.0 Å². The lowest BCUT2D eigenvalue weighted by Crippen LogP contribution is -2.48. The van der Waals surface area contributed by atoms with Gasteiger partial charge in [0.25, 0.3) is 0 Å². The van der Waals surface area contributed by atoms with Crippen molar-refractivity contribution in [2.24, 2.45) is 17.8 Å². The Bertz CT molecular complexity index is 1110. The zero-order valence-corrected chi connectivity index (χ0v) is 22.2. The molecule has 0 spiro atoms. The second-order valence-electron chi connectivity index (χ2n) is 12.0. The lowest BCUT2D eigenvalue weighted by atomic mass is 9.56. The number of thioether (sulfide) groups is 1. The zero-order valence-electron chi connectivity index (χ0n) is 21.4. The number of anilines is 1. The lowest BCUT2D eigenvalue weighted by Gasteiger charge is -2.56. The van der Waals surface area contributed by atoms with Crippen LogP contribution >= 0.6 is 11.8 Å². The van der Waals surface area contributed by atoms with Crippen molar-refractivity contribution in [1.82, 2.24) is 5.32 Å². The summed E-state index contributed by atoms with van der Waals surface area (Å²) in [5, 5.41) is 6.52. The minimum absolute atomic E-state index is 0.0641. The van der Waals surface area contributed by atoms with Gasteiger partial charge in [-0.2, -0.15) is 0 Å². The van der Waals surface area contributed by atoms with Crippen molar-refractivity contribution in [3.05, 3.63) is 65.5 Å². The minimum atomic E-state index is -0.658. The standard InChI is InChI=1S/C31H37FN2O2S/c32-24-10-11-27(34-29(23-6-2-1-3-7-23)30(36)33-25-8-4-5-9-25)26(15-24)28(35)19-37-31-16-20-12-21(17-31)14-22(13-20)18-31/h1-3,6-7,10-11,15,20-22,25,29,34H,4-5,8-9,12-14,16-19H2,(H,33,36). The molecule has 4 nitrogen and oxygen atoms in total. The molecule has 2 aromatic carbocycles. The molecule has 37 heavy (non-hydrogen) atoms. The van der Waals surface area contributed by atoms with E-state index in [2.05, 4.69) is 10.6 Å². The third kappa shape index (κ3) is 5.45. The van der Waals surface area contributed by atoms with Crippen LogP contribution in [-0.4, -0.2) is 28.2 Å². The number of nitrogens with one attached hydrogen (secondary N) is 2. The minimum Gasteiger partial charge on any atom is -0.369 e. The Morgan fingerprint density at radius 2 is 1.59 bits per heavy atom. The molecule has 0 heterocycles. The molecular formula is C31H37FN2O2S. The number of benzene rings is 2. The van der Waals surface area contributed by atoms with Crippen molar-refractivity contribution in [3.63, 3.8) is 0 Å². The third-order valence-corrected chi connectivity index (χ3v) is 10.7. The number of halogens is 1. The van der Waals surface area contributed by atoms with Crippen molar-refractivity contribution in [3.8, 4) is 0 Å². The van der Waals surface area contributed by atoms with E-state index in [-0.39, 0.29) is 22.5 Å². The number of hydrogen-bond acceptors (Lipinski definition) is 4. The molecule has 5 aliphatic carbocycles. The van der Waals surface area contributed by atoms with Gasteiger partial charge in [-0.3, -0.25) is 9.59 Å². The van der Waals surface area contributed by atoms with Gasteiger partial charge < -0.3 is 10.6 Å². The molecule has 7 rings (SSSR count). The summed E-state index contributed by atoms with van der Waals surface area (Å²) in [6.07, 6.45) is 12.0. The first kappa shape index (κ1) is 25.0. The number of ketones is 1. The fourth-order valence-corrected chi connectivity index (χ4v) is 9.49. The predicted octanol–water partition coefficient (Wildman–Crippen LogP) is 6.92. The van der Waals surface area contributed by atoms with Crippen LogP contribution in [0.1, 0.15) is 86.2 Å². The molecule has 0 aromatic heterocycles. The Morgan fingerprint density at radius 1 is 0.946 bits per heavy atom. The van der Waals surface area contributed by atoms with Crippen LogP contribution in [0, 0.1) is 23.6 Å². The molecule has 0 saturated heterocycles. The van der Waals surface area contributed by atoms with E-state index in [1.807, 2.05) is 42.1 Å². The number of hydrogen-bond donors (Lipinski definition) is 2. The van der Waals surface area contributed by atoms with Crippen LogP contribution in [0.4, 0.5) is 10.1 Å². The van der Waals surface area contributed by atoms with Crippen LogP contribution in [-0.2, 0) is 4.79 Å². The van der Waals surface area contributed by atoms with Gasteiger partial charge in [0, 0.05) is 22.0 Å². The van der Waals surface area contributed by atoms with E-state index >= 15 is 0 Å². The molecule has 5 fully saturated rings. The van der Waals surface area contributed by atoms with Crippen molar-refractivity contribution < 1.29 is 14.0 Å². The maximum atomic E-state index is 14.4. The quantitative estimate of drug-likeness (QED) is 0.352. The zero-order chi connectivity index (χ0) is 25.4. The van der Waals surface area contributed by atoms with Gasteiger partial charge in [0.2, 0.25) is 5.91 Å². The molecular weight excluding hydrogens is 483 g/mol. The van der Waals surface area contributed by atoms with Gasteiger partial charge in [0.15, 0.2) is 5.78 Å². The highest BCUT2D eigenvalue weighted by Gasteiger charge is 2.51. The third-order valence-electron chi connectivity index (χ3n) is 9.17. The maximum Gasteiger partial charge on any atom is 0.247 e. The Balaban J connectivity index is 1.20. The van der Waals surface area contributed by atoms with Crippen molar-refractivity contribution >= 4 is 29.1 Å². The molecule has 1 amide bonds. The number of carbonyl (C=O) groups is 2. The Hall–Kier alpha value is -2.34. The van der Waals surface area contributed by atoms with Gasteiger partial charge in [-0.05, 0) is 92.9 Å². The molecule has 0 radical (unpaired) electrons. The van der Waals surface area contributed by atoms with Crippen LogP contribution in [0.2, 0.25) is 0 Å². The SMILES string of the molecule is O=C(CSC12CC3CC(CC(C3)C1)C2)c1cc(F)ccc1NC(C(=O)NC1CCCC1)c1ccccc1. The second-order valence-corrected chi connectivity index (χ2v) is 13.4. The average Bonchev–Trinajstić information content (AvgIpc) is 3.39. The van der Waals surface area contributed by atoms with Crippen molar-refractivity contribution in [1.29, 1.82) is 0 Å². The normalized spacial score (nSPS) is 29.3. The first-order chi connectivity index (χ1) is 18.0. The molecule has 1 atom stereocenters. The van der Waals surface area contributed by atoms with Gasteiger partial charge >= 0.3 is 0 Å². The molecule has 6 heteroatoms. The van der Waals surface area contributed by atoms with Crippen molar-refractivity contribution in [2.75, 3.05) is 11.1 Å². The largest absolute Gasteiger partial charge is 0.369 e. The van der Waals surface area contributed by atoms with Crippen LogP contribution in [0.25, 0.3) is 0 Å². The molecule has 196 valence electrons. The predicted molar refractivity (Wildman–Crippen MR) is 147 cm³/mol. The van der Waals surface area contributed by atoms with Crippen LogP contribution in [0.15, 0.2) is 48.5 Å². The molecule has 0 aliphatic heterocycles.